The van der Waals surface area contributed by atoms with Gasteiger partial charge in [-0.25, -0.2) is 0 Å². The second-order valence-corrected chi connectivity index (χ2v) is 5.44. The van der Waals surface area contributed by atoms with Gasteiger partial charge in [-0.3, -0.25) is 9.59 Å². The van der Waals surface area contributed by atoms with Crippen molar-refractivity contribution in [3.63, 3.8) is 0 Å². The Morgan fingerprint density at radius 2 is 2.24 bits per heavy atom. The van der Waals surface area contributed by atoms with Crippen molar-refractivity contribution >= 4 is 17.4 Å². The summed E-state index contributed by atoms with van der Waals surface area (Å²) in [5.41, 5.74) is 3.04. The first-order valence-electron chi connectivity index (χ1n) is 7.44. The lowest BCUT2D eigenvalue weighted by atomic mass is 9.97. The molecule has 1 heterocycles. The number of fused-ring (bicyclic) bond motifs is 1. The Balaban J connectivity index is 1.91. The maximum absolute atomic E-state index is 12.4. The van der Waals surface area contributed by atoms with Crippen LogP contribution in [0.4, 0.5) is 5.69 Å². The van der Waals surface area contributed by atoms with E-state index in [0.717, 1.165) is 30.6 Å². The van der Waals surface area contributed by atoms with Crippen LogP contribution in [-0.2, 0) is 11.2 Å². The van der Waals surface area contributed by atoms with E-state index in [1.807, 2.05) is 25.1 Å². The highest BCUT2D eigenvalue weighted by Crippen LogP contribution is 2.23. The summed E-state index contributed by atoms with van der Waals surface area (Å²) in [6, 6.07) is 5.50. The fraction of sp³-hybridized carbons (Fsp3) is 0.500. The zero-order valence-electron chi connectivity index (χ0n) is 12.3. The quantitative estimate of drug-likeness (QED) is 0.529. The molecule has 0 radical (unpaired) electrons. The second-order valence-electron chi connectivity index (χ2n) is 5.44. The van der Waals surface area contributed by atoms with Crippen molar-refractivity contribution in [2.45, 2.75) is 38.6 Å². The molecule has 0 saturated heterocycles. The van der Waals surface area contributed by atoms with Crippen molar-refractivity contribution in [2.24, 2.45) is 0 Å². The van der Waals surface area contributed by atoms with E-state index in [4.69, 9.17) is 5.11 Å². The third-order valence-electron chi connectivity index (χ3n) is 3.74. The highest BCUT2D eigenvalue weighted by Gasteiger charge is 2.17. The van der Waals surface area contributed by atoms with Crippen molar-refractivity contribution in [3.8, 4) is 0 Å². The molecule has 0 aromatic heterocycles. The molecule has 0 amide bonds. The van der Waals surface area contributed by atoms with Gasteiger partial charge in [0.1, 0.15) is 0 Å². The summed E-state index contributed by atoms with van der Waals surface area (Å²) in [6.45, 7) is 3.34. The molecule has 1 atom stereocenters. The number of benzene rings is 1. The Morgan fingerprint density at radius 3 is 3.00 bits per heavy atom. The predicted molar refractivity (Wildman–Crippen MR) is 81.9 cm³/mol. The zero-order valence-corrected chi connectivity index (χ0v) is 12.3. The number of hydrogen-bond donors (Lipinski definition) is 3. The van der Waals surface area contributed by atoms with Gasteiger partial charge in [-0.05, 0) is 56.5 Å². The van der Waals surface area contributed by atoms with Crippen LogP contribution in [0.15, 0.2) is 18.2 Å². The Kier molecular flexibility index (Phi) is 5.33. The highest BCUT2D eigenvalue weighted by molar-refractivity contribution is 6.00. The number of aliphatic carboxylic acids is 1. The number of anilines is 1. The summed E-state index contributed by atoms with van der Waals surface area (Å²) in [4.78, 5) is 22.8. The number of carbonyl (C=O) groups excluding carboxylic acids is 1. The Bertz CT molecular complexity index is 528. The van der Waals surface area contributed by atoms with Gasteiger partial charge in [0.05, 0.1) is 6.04 Å². The van der Waals surface area contributed by atoms with E-state index in [9.17, 15) is 9.59 Å². The smallest absolute Gasteiger partial charge is 0.303 e. The number of Topliss-reactive ketones (excluding diaryl/α,β-unsaturated/α-hetero) is 1. The Morgan fingerprint density at radius 1 is 1.43 bits per heavy atom. The highest BCUT2D eigenvalue weighted by atomic mass is 16.4. The van der Waals surface area contributed by atoms with E-state index in [-0.39, 0.29) is 18.2 Å². The second kappa shape index (κ2) is 7.22. The first-order chi connectivity index (χ1) is 10.1. The van der Waals surface area contributed by atoms with Crippen molar-refractivity contribution < 1.29 is 14.7 Å². The van der Waals surface area contributed by atoms with E-state index in [1.54, 1.807) is 0 Å². The molecule has 3 N–H and O–H groups in total. The van der Waals surface area contributed by atoms with Crippen LogP contribution in [0.5, 0.6) is 0 Å². The molecule has 1 unspecified atom stereocenters. The molecule has 0 aliphatic carbocycles. The molecule has 5 nitrogen and oxygen atoms in total. The van der Waals surface area contributed by atoms with Crippen molar-refractivity contribution in [1.29, 1.82) is 0 Å². The van der Waals surface area contributed by atoms with Crippen LogP contribution in [0.1, 0.15) is 42.1 Å². The van der Waals surface area contributed by atoms with E-state index in [0.29, 0.717) is 13.0 Å². The summed E-state index contributed by atoms with van der Waals surface area (Å²) in [7, 11) is 0. The normalized spacial score (nSPS) is 14.9. The maximum atomic E-state index is 12.4. The third kappa shape index (κ3) is 4.29. The standard InChI is InChI=1S/C16H22N2O3/c1-11(17-8-3-5-15(19)20)16(21)13-6-7-14-12(10-13)4-2-9-18-14/h6-7,10-11,17-18H,2-5,8-9H2,1H3,(H,19,20). The van der Waals surface area contributed by atoms with Crippen LogP contribution in [0.3, 0.4) is 0 Å². The fourth-order valence-corrected chi connectivity index (χ4v) is 2.53. The summed E-state index contributed by atoms with van der Waals surface area (Å²) in [5.74, 6) is -0.753. The third-order valence-corrected chi connectivity index (χ3v) is 3.74. The molecule has 1 aromatic carbocycles. The molecular weight excluding hydrogens is 268 g/mol. The van der Waals surface area contributed by atoms with E-state index in [2.05, 4.69) is 10.6 Å². The first-order valence-corrected chi connectivity index (χ1v) is 7.44. The number of aryl methyl sites for hydroxylation is 1. The predicted octanol–water partition coefficient (Wildman–Crippen LogP) is 2.07. The van der Waals surface area contributed by atoms with Gasteiger partial charge in [0.15, 0.2) is 5.78 Å². The average Bonchev–Trinajstić information content (AvgIpc) is 2.50. The summed E-state index contributed by atoms with van der Waals surface area (Å²) in [5, 5.41) is 15.0. The number of hydrogen-bond acceptors (Lipinski definition) is 4. The number of carbonyl (C=O) groups is 2. The lowest BCUT2D eigenvalue weighted by molar-refractivity contribution is -0.137. The molecule has 1 aliphatic heterocycles. The first kappa shape index (κ1) is 15.5. The molecule has 1 aliphatic rings. The number of nitrogens with one attached hydrogen (secondary N) is 2. The molecule has 0 spiro atoms. The van der Waals surface area contributed by atoms with E-state index < -0.39 is 5.97 Å². The Labute approximate surface area is 124 Å². The van der Waals surface area contributed by atoms with Gasteiger partial charge in [0.25, 0.3) is 0 Å². The minimum atomic E-state index is -0.807. The van der Waals surface area contributed by atoms with Crippen LogP contribution < -0.4 is 10.6 Å². The van der Waals surface area contributed by atoms with Gasteiger partial charge < -0.3 is 15.7 Å². The number of carboxylic acid groups (broad SMARTS) is 1. The minimum Gasteiger partial charge on any atom is -0.481 e. The minimum absolute atomic E-state index is 0.0544. The Hall–Kier alpha value is -1.88. The fourth-order valence-electron chi connectivity index (χ4n) is 2.53. The number of rotatable bonds is 7. The summed E-state index contributed by atoms with van der Waals surface area (Å²) >= 11 is 0. The lowest BCUT2D eigenvalue weighted by Gasteiger charge is -2.19. The van der Waals surface area contributed by atoms with Crippen molar-refractivity contribution in [2.75, 3.05) is 18.4 Å². The lowest BCUT2D eigenvalue weighted by Crippen LogP contribution is -2.35. The molecule has 21 heavy (non-hydrogen) atoms. The maximum Gasteiger partial charge on any atom is 0.303 e. The molecule has 5 heteroatoms. The van der Waals surface area contributed by atoms with Gasteiger partial charge >= 0.3 is 5.97 Å². The van der Waals surface area contributed by atoms with Crippen LogP contribution >= 0.6 is 0 Å². The number of carboxylic acids is 1. The van der Waals surface area contributed by atoms with Gasteiger partial charge in [-0.15, -0.1) is 0 Å². The molecular formula is C16H22N2O3. The van der Waals surface area contributed by atoms with Gasteiger partial charge in [-0.1, -0.05) is 0 Å². The summed E-state index contributed by atoms with van der Waals surface area (Å²) in [6.07, 6.45) is 2.75. The molecule has 0 saturated carbocycles. The molecule has 2 rings (SSSR count). The topological polar surface area (TPSA) is 78.4 Å². The molecule has 0 fully saturated rings. The van der Waals surface area contributed by atoms with Crippen LogP contribution in [0, 0.1) is 0 Å². The van der Waals surface area contributed by atoms with Crippen LogP contribution in [0.2, 0.25) is 0 Å². The van der Waals surface area contributed by atoms with Crippen molar-refractivity contribution in [1.82, 2.24) is 5.32 Å². The van der Waals surface area contributed by atoms with E-state index in [1.165, 1.54) is 5.56 Å². The summed E-state index contributed by atoms with van der Waals surface area (Å²) < 4.78 is 0. The largest absolute Gasteiger partial charge is 0.481 e. The van der Waals surface area contributed by atoms with Gasteiger partial charge in [0, 0.05) is 24.2 Å². The monoisotopic (exact) mass is 290 g/mol. The molecule has 0 bridgehead atoms. The van der Waals surface area contributed by atoms with Crippen LogP contribution in [-0.4, -0.2) is 36.0 Å². The SMILES string of the molecule is CC(NCCCC(=O)O)C(=O)c1ccc2c(c1)CCCN2. The zero-order chi connectivity index (χ0) is 15.2. The van der Waals surface area contributed by atoms with Gasteiger partial charge in [0.2, 0.25) is 0 Å². The van der Waals surface area contributed by atoms with Gasteiger partial charge in [-0.2, -0.15) is 0 Å². The average molecular weight is 290 g/mol. The molecule has 1 aromatic rings. The van der Waals surface area contributed by atoms with Crippen molar-refractivity contribution in [3.05, 3.63) is 29.3 Å². The molecule has 114 valence electrons. The van der Waals surface area contributed by atoms with E-state index >= 15 is 0 Å². The van der Waals surface area contributed by atoms with Crippen LogP contribution in [0.25, 0.3) is 0 Å². The number of ketones is 1.